The zero-order valence-electron chi connectivity index (χ0n) is 25.5. The number of anilines is 3. The fourth-order valence-corrected chi connectivity index (χ4v) is 5.48. The number of methoxy groups -OCH3 is 2. The normalized spacial score (nSPS) is 11.3. The van der Waals surface area contributed by atoms with E-state index in [1.807, 2.05) is 37.2 Å². The molecule has 3 heterocycles. The van der Waals surface area contributed by atoms with Gasteiger partial charge in [0.2, 0.25) is 5.91 Å². The minimum atomic E-state index is -0.369. The minimum Gasteiger partial charge on any atom is -0.495 e. The molecule has 2 N–H and O–H groups in total. The van der Waals surface area contributed by atoms with E-state index in [0.29, 0.717) is 46.3 Å². The lowest BCUT2D eigenvalue weighted by Gasteiger charge is -2.18. The van der Waals surface area contributed by atoms with E-state index in [4.69, 9.17) is 32.7 Å². The van der Waals surface area contributed by atoms with E-state index < -0.39 is 0 Å². The van der Waals surface area contributed by atoms with Gasteiger partial charge in [0.15, 0.2) is 0 Å². The molecule has 0 radical (unpaired) electrons. The first kappa shape index (κ1) is 32.4. The molecule has 0 aliphatic rings. The van der Waals surface area contributed by atoms with E-state index in [9.17, 15) is 9.59 Å². The van der Waals surface area contributed by atoms with Crippen molar-refractivity contribution in [1.82, 2.24) is 24.4 Å². The maximum Gasteiger partial charge on any atom is 0.259 e. The van der Waals surface area contributed by atoms with Crippen molar-refractivity contribution in [2.75, 3.05) is 45.5 Å². The van der Waals surface area contributed by atoms with Crippen LogP contribution in [0.4, 0.5) is 17.3 Å². The molecule has 1 amide bonds. The summed E-state index contributed by atoms with van der Waals surface area (Å²) in [7, 11) is 6.78. The fourth-order valence-electron chi connectivity index (χ4n) is 4.78. The highest BCUT2D eigenvalue weighted by atomic mass is 35.5. The van der Waals surface area contributed by atoms with E-state index in [0.717, 1.165) is 5.56 Å². The van der Waals surface area contributed by atoms with Crippen LogP contribution in [-0.2, 0) is 11.3 Å². The number of hydrogen-bond acceptors (Lipinski definition) is 9. The highest BCUT2D eigenvalue weighted by Crippen LogP contribution is 2.45. The maximum absolute atomic E-state index is 14.4. The van der Waals surface area contributed by atoms with Crippen LogP contribution in [0.3, 0.4) is 0 Å². The number of aromatic nitrogens is 4. The van der Waals surface area contributed by atoms with Crippen molar-refractivity contribution in [3.05, 3.63) is 105 Å². The second-order valence-electron chi connectivity index (χ2n) is 10.4. The Labute approximate surface area is 275 Å². The van der Waals surface area contributed by atoms with Crippen molar-refractivity contribution in [3.8, 4) is 22.6 Å². The second kappa shape index (κ2) is 14.4. The smallest absolute Gasteiger partial charge is 0.259 e. The Bertz CT molecular complexity index is 1950. The first-order valence-electron chi connectivity index (χ1n) is 14.1. The van der Waals surface area contributed by atoms with E-state index in [1.54, 1.807) is 53.4 Å². The van der Waals surface area contributed by atoms with Gasteiger partial charge in [0.1, 0.15) is 29.5 Å². The number of carbonyl (C=O) groups is 1. The number of hydrogen-bond donors (Lipinski definition) is 2. The Hall–Kier alpha value is -4.97. The van der Waals surface area contributed by atoms with Crippen LogP contribution in [0.2, 0.25) is 10.0 Å². The summed E-state index contributed by atoms with van der Waals surface area (Å²) in [6.45, 7) is 0.784. The van der Waals surface area contributed by atoms with Crippen molar-refractivity contribution < 1.29 is 14.3 Å². The van der Waals surface area contributed by atoms with Gasteiger partial charge in [0, 0.05) is 53.8 Å². The third-order valence-electron chi connectivity index (χ3n) is 6.93. The predicted octanol–water partition coefficient (Wildman–Crippen LogP) is 6.03. The molecular weight excluding hydrogens is 629 g/mol. The molecule has 5 aromatic rings. The number of nitrogens with zero attached hydrogens (tertiary/aromatic N) is 5. The molecule has 2 aromatic carbocycles. The SMILES string of the molecule is COc1cc(OC)c(Cl)c(-c2cc3cnc(Nc4ccncn4)cc3n(Cc3cccc(NC(=O)/C=C/CN(C)C)c3)c2=O)c1Cl. The summed E-state index contributed by atoms with van der Waals surface area (Å²) in [6.07, 6.45) is 7.95. The average Bonchev–Trinajstić information content (AvgIpc) is 3.04. The molecule has 0 saturated heterocycles. The first-order chi connectivity index (χ1) is 22.2. The Kier molecular flexibility index (Phi) is 10.2. The number of benzene rings is 2. The summed E-state index contributed by atoms with van der Waals surface area (Å²) in [5.41, 5.74) is 2.07. The second-order valence-corrected chi connectivity index (χ2v) is 11.2. The molecule has 0 unspecified atom stereocenters. The molecule has 0 aliphatic heterocycles. The van der Waals surface area contributed by atoms with E-state index in [2.05, 4.69) is 25.6 Å². The number of likely N-dealkylation sites (N-methyl/N-ethyl adjacent to an activating group) is 1. The van der Waals surface area contributed by atoms with Gasteiger partial charge < -0.3 is 29.6 Å². The van der Waals surface area contributed by atoms with E-state index in [1.165, 1.54) is 26.6 Å². The van der Waals surface area contributed by atoms with Gasteiger partial charge in [0.25, 0.3) is 5.56 Å². The van der Waals surface area contributed by atoms with Crippen LogP contribution < -0.4 is 25.7 Å². The zero-order chi connectivity index (χ0) is 32.8. The van der Waals surface area contributed by atoms with Crippen molar-refractivity contribution in [2.24, 2.45) is 0 Å². The minimum absolute atomic E-state index is 0.149. The van der Waals surface area contributed by atoms with Crippen LogP contribution in [0.25, 0.3) is 22.0 Å². The molecule has 0 saturated carbocycles. The van der Waals surface area contributed by atoms with Gasteiger partial charge in [-0.2, -0.15) is 0 Å². The third kappa shape index (κ3) is 7.28. The molecular formula is C33H31Cl2N7O4. The van der Waals surface area contributed by atoms with Crippen molar-refractivity contribution >= 4 is 57.3 Å². The lowest BCUT2D eigenvalue weighted by molar-refractivity contribution is -0.111. The highest BCUT2D eigenvalue weighted by Gasteiger charge is 2.23. The van der Waals surface area contributed by atoms with Crippen LogP contribution in [0.5, 0.6) is 11.5 Å². The molecule has 0 aliphatic carbocycles. The summed E-state index contributed by atoms with van der Waals surface area (Å²) in [5.74, 6) is 1.35. The van der Waals surface area contributed by atoms with Crippen molar-refractivity contribution in [3.63, 3.8) is 0 Å². The number of carbonyl (C=O) groups excluding carboxylic acids is 1. The number of nitrogens with one attached hydrogen (secondary N) is 2. The predicted molar refractivity (Wildman–Crippen MR) is 182 cm³/mol. The molecule has 46 heavy (non-hydrogen) atoms. The van der Waals surface area contributed by atoms with Crippen LogP contribution in [0.1, 0.15) is 5.56 Å². The number of ether oxygens (including phenoxy) is 2. The van der Waals surface area contributed by atoms with Crippen LogP contribution in [0.15, 0.2) is 84.2 Å². The van der Waals surface area contributed by atoms with Gasteiger partial charge in [-0.1, -0.05) is 41.4 Å². The van der Waals surface area contributed by atoms with Gasteiger partial charge >= 0.3 is 0 Å². The molecule has 5 rings (SSSR count). The summed E-state index contributed by atoms with van der Waals surface area (Å²) in [6, 6.07) is 14.0. The summed E-state index contributed by atoms with van der Waals surface area (Å²) >= 11 is 13.5. The number of pyridine rings is 2. The Morgan fingerprint density at radius 1 is 1.00 bits per heavy atom. The fraction of sp³-hybridized carbons (Fsp3) is 0.182. The standard InChI is InChI=1S/C33H31Cl2N7O4/c1-41(2)12-6-9-29(43)39-22-8-5-7-20(13-22)18-42-24-15-28(40-27-10-11-36-19-38-27)37-17-21(24)14-23(33(42)44)30-31(34)25(45-3)16-26(46-4)32(30)35/h5-11,13-17,19H,12,18H2,1-4H3,(H,39,43)(H,36,37,38,40)/b9-6+. The quantitative estimate of drug-likeness (QED) is 0.164. The third-order valence-corrected chi connectivity index (χ3v) is 7.68. The summed E-state index contributed by atoms with van der Waals surface area (Å²) < 4.78 is 12.5. The van der Waals surface area contributed by atoms with Crippen LogP contribution in [-0.4, -0.2) is 65.2 Å². The van der Waals surface area contributed by atoms with Gasteiger partial charge in [0.05, 0.1) is 41.9 Å². The van der Waals surface area contributed by atoms with Gasteiger partial charge in [-0.3, -0.25) is 9.59 Å². The molecule has 11 nitrogen and oxygen atoms in total. The first-order valence-corrected chi connectivity index (χ1v) is 14.8. The maximum atomic E-state index is 14.4. The zero-order valence-corrected chi connectivity index (χ0v) is 27.1. The number of amides is 1. The van der Waals surface area contributed by atoms with E-state index in [-0.39, 0.29) is 39.2 Å². The summed E-state index contributed by atoms with van der Waals surface area (Å²) in [5, 5.41) is 7.00. The van der Waals surface area contributed by atoms with E-state index >= 15 is 0 Å². The Morgan fingerprint density at radius 3 is 2.43 bits per heavy atom. The summed E-state index contributed by atoms with van der Waals surface area (Å²) in [4.78, 5) is 41.6. The monoisotopic (exact) mass is 659 g/mol. The molecule has 0 bridgehead atoms. The van der Waals surface area contributed by atoms with Gasteiger partial charge in [-0.15, -0.1) is 0 Å². The molecule has 0 spiro atoms. The lowest BCUT2D eigenvalue weighted by Crippen LogP contribution is -2.23. The van der Waals surface area contributed by atoms with Crippen molar-refractivity contribution in [2.45, 2.75) is 6.54 Å². The largest absolute Gasteiger partial charge is 0.495 e. The molecule has 13 heteroatoms. The van der Waals surface area contributed by atoms with Gasteiger partial charge in [-0.05, 0) is 43.9 Å². The average molecular weight is 661 g/mol. The molecule has 0 atom stereocenters. The Balaban J connectivity index is 1.63. The van der Waals surface area contributed by atoms with Crippen molar-refractivity contribution in [1.29, 1.82) is 0 Å². The number of fused-ring (bicyclic) bond motifs is 1. The number of rotatable bonds is 11. The van der Waals surface area contributed by atoms with Crippen LogP contribution >= 0.6 is 23.2 Å². The molecule has 3 aromatic heterocycles. The topological polar surface area (TPSA) is 124 Å². The number of halogens is 2. The molecule has 0 fully saturated rings. The highest BCUT2D eigenvalue weighted by molar-refractivity contribution is 6.41. The van der Waals surface area contributed by atoms with Crippen LogP contribution in [0, 0.1) is 0 Å². The molecule has 236 valence electrons. The van der Waals surface area contributed by atoms with Gasteiger partial charge in [-0.25, -0.2) is 15.0 Å². The Morgan fingerprint density at radius 2 is 1.76 bits per heavy atom. The lowest BCUT2D eigenvalue weighted by atomic mass is 10.0.